The molecule has 1 aliphatic rings. The average molecular weight is 217 g/mol. The Hall–Kier alpha value is -1.42. The minimum Gasteiger partial charge on any atom is -0.381 e. The van der Waals surface area contributed by atoms with Crippen LogP contribution in [0.2, 0.25) is 0 Å². The fraction of sp³-hybridized carbons (Fsp3) is 0.500. The third kappa shape index (κ3) is 1.50. The Bertz CT molecular complexity index is 526. The van der Waals surface area contributed by atoms with E-state index in [1.54, 1.807) is 0 Å². The first kappa shape index (κ1) is 9.78. The second-order valence-electron chi connectivity index (χ2n) is 4.42. The van der Waals surface area contributed by atoms with Gasteiger partial charge in [-0.25, -0.2) is 4.98 Å². The zero-order valence-corrected chi connectivity index (χ0v) is 9.60. The van der Waals surface area contributed by atoms with Crippen molar-refractivity contribution < 1.29 is 4.74 Å². The molecule has 0 amide bonds. The smallest absolute Gasteiger partial charge is 0.158 e. The second kappa shape index (κ2) is 3.56. The van der Waals surface area contributed by atoms with Crippen molar-refractivity contribution >= 4 is 5.65 Å². The number of hydrogen-bond donors (Lipinski definition) is 0. The third-order valence-electron chi connectivity index (χ3n) is 3.09. The summed E-state index contributed by atoms with van der Waals surface area (Å²) in [6.45, 7) is 5.67. The number of rotatable bonds is 1. The van der Waals surface area contributed by atoms with E-state index in [4.69, 9.17) is 4.74 Å². The predicted molar refractivity (Wildman–Crippen MR) is 60.6 cm³/mol. The van der Waals surface area contributed by atoms with Crippen molar-refractivity contribution in [1.82, 2.24) is 14.4 Å². The van der Waals surface area contributed by atoms with Crippen LogP contribution >= 0.6 is 0 Å². The van der Waals surface area contributed by atoms with Crippen LogP contribution in [0.3, 0.4) is 0 Å². The molecule has 16 heavy (non-hydrogen) atoms. The summed E-state index contributed by atoms with van der Waals surface area (Å²) in [6, 6.07) is 0. The zero-order valence-electron chi connectivity index (χ0n) is 9.60. The van der Waals surface area contributed by atoms with Crippen LogP contribution in [-0.2, 0) is 4.74 Å². The predicted octanol–water partition coefficient (Wildman–Crippen LogP) is 1.85. The average Bonchev–Trinajstić information content (AvgIpc) is 2.82. The van der Waals surface area contributed by atoms with Crippen molar-refractivity contribution in [1.29, 1.82) is 0 Å². The maximum atomic E-state index is 5.40. The van der Waals surface area contributed by atoms with Crippen molar-refractivity contribution in [2.24, 2.45) is 0 Å². The van der Waals surface area contributed by atoms with Gasteiger partial charge in [-0.05, 0) is 20.3 Å². The fourth-order valence-corrected chi connectivity index (χ4v) is 2.29. The van der Waals surface area contributed by atoms with Gasteiger partial charge in [0, 0.05) is 24.9 Å². The summed E-state index contributed by atoms with van der Waals surface area (Å²) < 4.78 is 7.47. The number of nitrogens with zero attached hydrogens (tertiary/aromatic N) is 3. The number of aryl methyl sites for hydroxylation is 2. The molecule has 3 heterocycles. The van der Waals surface area contributed by atoms with Crippen LogP contribution in [-0.4, -0.2) is 27.6 Å². The highest BCUT2D eigenvalue weighted by Gasteiger charge is 2.21. The lowest BCUT2D eigenvalue weighted by molar-refractivity contribution is 0.193. The Labute approximate surface area is 94.3 Å². The standard InChI is InChI=1S/C12H15N3O/c1-8-5-15-6-11(10-3-4-16-7-10)14-12(15)9(2)13-8/h5-6,10H,3-4,7H2,1-2H3. The summed E-state index contributed by atoms with van der Waals surface area (Å²) in [4.78, 5) is 9.08. The number of hydrogen-bond acceptors (Lipinski definition) is 3. The largest absolute Gasteiger partial charge is 0.381 e. The van der Waals surface area contributed by atoms with Gasteiger partial charge in [0.2, 0.25) is 0 Å². The minimum atomic E-state index is 0.458. The monoisotopic (exact) mass is 217 g/mol. The Morgan fingerprint density at radius 1 is 1.31 bits per heavy atom. The van der Waals surface area contributed by atoms with E-state index in [-0.39, 0.29) is 0 Å². The Balaban J connectivity index is 2.11. The molecule has 1 aliphatic heterocycles. The molecule has 0 aliphatic carbocycles. The van der Waals surface area contributed by atoms with Crippen LogP contribution < -0.4 is 0 Å². The van der Waals surface area contributed by atoms with E-state index in [2.05, 4.69) is 20.6 Å². The molecule has 0 N–H and O–H groups in total. The van der Waals surface area contributed by atoms with E-state index in [1.165, 1.54) is 0 Å². The molecule has 2 aromatic heterocycles. The van der Waals surface area contributed by atoms with Crippen LogP contribution in [0.1, 0.15) is 29.4 Å². The maximum absolute atomic E-state index is 5.40. The maximum Gasteiger partial charge on any atom is 0.158 e. The van der Waals surface area contributed by atoms with Gasteiger partial charge in [0.05, 0.1) is 23.7 Å². The minimum absolute atomic E-state index is 0.458. The first-order valence-electron chi connectivity index (χ1n) is 5.64. The summed E-state index contributed by atoms with van der Waals surface area (Å²) in [7, 11) is 0. The highest BCUT2D eigenvalue weighted by Crippen LogP contribution is 2.25. The lowest BCUT2D eigenvalue weighted by Crippen LogP contribution is -1.97. The molecule has 4 heteroatoms. The molecule has 1 atom stereocenters. The van der Waals surface area contributed by atoms with E-state index in [1.807, 2.05) is 20.0 Å². The topological polar surface area (TPSA) is 39.4 Å². The fourth-order valence-electron chi connectivity index (χ4n) is 2.29. The molecule has 0 aromatic carbocycles. The first-order valence-corrected chi connectivity index (χ1v) is 5.64. The summed E-state index contributed by atoms with van der Waals surface area (Å²) in [6.07, 6.45) is 5.21. The van der Waals surface area contributed by atoms with Gasteiger partial charge in [-0.1, -0.05) is 0 Å². The lowest BCUT2D eigenvalue weighted by atomic mass is 10.1. The summed E-state index contributed by atoms with van der Waals surface area (Å²) in [5, 5.41) is 0. The van der Waals surface area contributed by atoms with Crippen molar-refractivity contribution in [2.75, 3.05) is 13.2 Å². The van der Waals surface area contributed by atoms with Crippen molar-refractivity contribution in [2.45, 2.75) is 26.2 Å². The summed E-state index contributed by atoms with van der Waals surface area (Å²) in [5.74, 6) is 0.458. The lowest BCUT2D eigenvalue weighted by Gasteiger charge is -2.00. The molecule has 0 saturated carbocycles. The number of aromatic nitrogens is 3. The molecule has 0 radical (unpaired) electrons. The zero-order chi connectivity index (χ0) is 11.1. The highest BCUT2D eigenvalue weighted by atomic mass is 16.5. The number of imidazole rings is 1. The van der Waals surface area contributed by atoms with Crippen LogP contribution in [0, 0.1) is 13.8 Å². The van der Waals surface area contributed by atoms with Crippen molar-refractivity contribution in [3.8, 4) is 0 Å². The van der Waals surface area contributed by atoms with Gasteiger partial charge in [0.1, 0.15) is 0 Å². The Morgan fingerprint density at radius 3 is 2.94 bits per heavy atom. The van der Waals surface area contributed by atoms with Gasteiger partial charge < -0.3 is 9.14 Å². The molecule has 3 rings (SSSR count). The van der Waals surface area contributed by atoms with Gasteiger partial charge >= 0.3 is 0 Å². The number of fused-ring (bicyclic) bond motifs is 1. The van der Waals surface area contributed by atoms with E-state index in [0.29, 0.717) is 5.92 Å². The van der Waals surface area contributed by atoms with E-state index >= 15 is 0 Å². The highest BCUT2D eigenvalue weighted by molar-refractivity contribution is 5.45. The second-order valence-corrected chi connectivity index (χ2v) is 4.42. The van der Waals surface area contributed by atoms with E-state index < -0.39 is 0 Å². The van der Waals surface area contributed by atoms with Gasteiger partial charge in [0.15, 0.2) is 5.65 Å². The van der Waals surface area contributed by atoms with Crippen molar-refractivity contribution in [3.05, 3.63) is 29.5 Å². The molecule has 0 spiro atoms. The Morgan fingerprint density at radius 2 is 2.19 bits per heavy atom. The van der Waals surface area contributed by atoms with Gasteiger partial charge in [-0.3, -0.25) is 4.98 Å². The molecule has 1 unspecified atom stereocenters. The first-order chi connectivity index (χ1) is 7.74. The van der Waals surface area contributed by atoms with Crippen LogP contribution in [0.5, 0.6) is 0 Å². The summed E-state index contributed by atoms with van der Waals surface area (Å²) in [5.41, 5.74) is 4.11. The normalized spacial score (nSPS) is 20.8. The quantitative estimate of drug-likeness (QED) is 0.731. The molecule has 1 saturated heterocycles. The van der Waals surface area contributed by atoms with E-state index in [0.717, 1.165) is 42.4 Å². The third-order valence-corrected chi connectivity index (χ3v) is 3.09. The van der Waals surface area contributed by atoms with Crippen LogP contribution in [0.15, 0.2) is 12.4 Å². The molecule has 2 aromatic rings. The molecule has 4 nitrogen and oxygen atoms in total. The SMILES string of the molecule is Cc1cn2cc(C3CCOC3)nc2c(C)n1. The molecular formula is C12H15N3O. The van der Waals surface area contributed by atoms with Crippen LogP contribution in [0.25, 0.3) is 5.65 Å². The summed E-state index contributed by atoms with van der Waals surface area (Å²) >= 11 is 0. The molecular weight excluding hydrogens is 202 g/mol. The molecule has 1 fully saturated rings. The molecule has 0 bridgehead atoms. The van der Waals surface area contributed by atoms with Gasteiger partial charge in [-0.2, -0.15) is 0 Å². The van der Waals surface area contributed by atoms with Crippen molar-refractivity contribution in [3.63, 3.8) is 0 Å². The van der Waals surface area contributed by atoms with Gasteiger partial charge in [-0.15, -0.1) is 0 Å². The Kier molecular flexibility index (Phi) is 2.17. The molecule has 84 valence electrons. The van der Waals surface area contributed by atoms with E-state index in [9.17, 15) is 0 Å². The van der Waals surface area contributed by atoms with Crippen LogP contribution in [0.4, 0.5) is 0 Å². The van der Waals surface area contributed by atoms with Gasteiger partial charge in [0.25, 0.3) is 0 Å². The number of ether oxygens (including phenoxy) is 1.